The Hall–Kier alpha value is -2.97. The average Bonchev–Trinajstić information content (AvgIpc) is 2.73. The second-order valence-corrected chi connectivity index (χ2v) is 8.60. The summed E-state index contributed by atoms with van der Waals surface area (Å²) in [7, 11) is -3.63. The molecule has 7 nitrogen and oxygen atoms in total. The molecule has 1 aliphatic rings. The van der Waals surface area contributed by atoms with Crippen LogP contribution in [0.3, 0.4) is 0 Å². The number of hydrogen-bond donors (Lipinski definition) is 0. The van der Waals surface area contributed by atoms with E-state index in [0.29, 0.717) is 10.3 Å². The fraction of sp³-hybridized carbons (Fsp3) is 0.200. The summed E-state index contributed by atoms with van der Waals surface area (Å²) in [6, 6.07) is 15.8. The van der Waals surface area contributed by atoms with Gasteiger partial charge in [-0.05, 0) is 29.0 Å². The number of carbonyl (C=O) groups is 1. The molecule has 0 N–H and O–H groups in total. The predicted octanol–water partition coefficient (Wildman–Crippen LogP) is 1.62. The van der Waals surface area contributed by atoms with Gasteiger partial charge in [0.05, 0.1) is 4.90 Å². The minimum Gasteiger partial charge on any atom is -0.619 e. The summed E-state index contributed by atoms with van der Waals surface area (Å²) in [5, 5.41) is 13.2. The van der Waals surface area contributed by atoms with Crippen molar-refractivity contribution in [2.45, 2.75) is 4.90 Å². The average molecular weight is 397 g/mol. The largest absolute Gasteiger partial charge is 0.619 e. The Morgan fingerprint density at radius 2 is 1.64 bits per heavy atom. The number of piperazine rings is 1. The quantitative estimate of drug-likeness (QED) is 0.497. The molecule has 4 rings (SSSR count). The molecule has 0 bridgehead atoms. The summed E-state index contributed by atoms with van der Waals surface area (Å²) in [5.74, 6) is -0.270. The number of rotatable bonds is 3. The first-order valence-corrected chi connectivity index (χ1v) is 10.4. The summed E-state index contributed by atoms with van der Waals surface area (Å²) in [6.07, 6.45) is 2.53. The van der Waals surface area contributed by atoms with Crippen molar-refractivity contribution < 1.29 is 17.9 Å². The Kier molecular flexibility index (Phi) is 4.74. The molecule has 0 saturated carbocycles. The number of carbonyl (C=O) groups excluding carboxylic acids is 1. The van der Waals surface area contributed by atoms with E-state index >= 15 is 0 Å². The topological polar surface area (TPSA) is 84.6 Å². The third kappa shape index (κ3) is 3.44. The maximum Gasteiger partial charge on any atom is 0.260 e. The van der Waals surface area contributed by atoms with Gasteiger partial charge in [0.25, 0.3) is 5.91 Å². The van der Waals surface area contributed by atoms with Crippen LogP contribution in [0.2, 0.25) is 0 Å². The summed E-state index contributed by atoms with van der Waals surface area (Å²) in [6.45, 7) is 0.981. The normalized spacial score (nSPS) is 15.6. The van der Waals surface area contributed by atoms with Crippen molar-refractivity contribution in [2.24, 2.45) is 0 Å². The zero-order chi connectivity index (χ0) is 19.7. The van der Waals surface area contributed by atoms with Crippen molar-refractivity contribution in [1.82, 2.24) is 9.21 Å². The molecule has 0 spiro atoms. The van der Waals surface area contributed by atoms with Crippen LogP contribution in [0.1, 0.15) is 10.4 Å². The van der Waals surface area contributed by atoms with Crippen molar-refractivity contribution in [3.8, 4) is 0 Å². The first kappa shape index (κ1) is 18.4. The molecular formula is C20H19N3O4S. The molecule has 8 heteroatoms. The monoisotopic (exact) mass is 397 g/mol. The molecule has 2 heterocycles. The van der Waals surface area contributed by atoms with Gasteiger partial charge in [0.2, 0.25) is 10.0 Å². The third-order valence-corrected chi connectivity index (χ3v) is 6.80. The number of nitrogens with zero attached hydrogens (tertiary/aromatic N) is 3. The highest BCUT2D eigenvalue weighted by Gasteiger charge is 2.31. The summed E-state index contributed by atoms with van der Waals surface area (Å²) in [5.41, 5.74) is 0.295. The van der Waals surface area contributed by atoms with Crippen LogP contribution in [0.5, 0.6) is 0 Å². The standard InChI is InChI=1S/C20H19N3O4S/c24-20(18-6-3-9-22(25)15-18)21-10-12-23(13-11-21)28(26,27)19-8-7-16-4-1-2-5-17(16)14-19/h1-9,14-15H,10-13H2. The second kappa shape index (κ2) is 7.21. The minimum absolute atomic E-state index is 0.213. The van der Waals surface area contributed by atoms with E-state index < -0.39 is 10.0 Å². The van der Waals surface area contributed by atoms with E-state index in [1.165, 1.54) is 22.8 Å². The van der Waals surface area contributed by atoms with E-state index in [0.717, 1.165) is 10.8 Å². The van der Waals surface area contributed by atoms with Gasteiger partial charge in [-0.1, -0.05) is 30.3 Å². The predicted molar refractivity (Wildman–Crippen MR) is 104 cm³/mol. The van der Waals surface area contributed by atoms with E-state index in [4.69, 9.17) is 0 Å². The number of aromatic nitrogens is 1. The first-order chi connectivity index (χ1) is 13.4. The van der Waals surface area contributed by atoms with Gasteiger partial charge < -0.3 is 10.1 Å². The molecule has 0 atom stereocenters. The van der Waals surface area contributed by atoms with Gasteiger partial charge in [0.1, 0.15) is 5.56 Å². The summed E-state index contributed by atoms with van der Waals surface area (Å²) >= 11 is 0. The molecule has 0 aliphatic carbocycles. The minimum atomic E-state index is -3.63. The maximum atomic E-state index is 13.0. The Morgan fingerprint density at radius 3 is 2.36 bits per heavy atom. The van der Waals surface area contributed by atoms with Crippen molar-refractivity contribution >= 4 is 26.7 Å². The molecule has 1 aromatic heterocycles. The third-order valence-electron chi connectivity index (χ3n) is 4.91. The van der Waals surface area contributed by atoms with Gasteiger partial charge in [-0.25, -0.2) is 8.42 Å². The van der Waals surface area contributed by atoms with Gasteiger partial charge in [-0.2, -0.15) is 9.04 Å². The highest BCUT2D eigenvalue weighted by molar-refractivity contribution is 7.89. The van der Waals surface area contributed by atoms with Crippen LogP contribution in [0.15, 0.2) is 71.9 Å². The van der Waals surface area contributed by atoms with E-state index in [2.05, 4.69) is 0 Å². The molecular weight excluding hydrogens is 378 g/mol. The zero-order valence-electron chi connectivity index (χ0n) is 15.1. The highest BCUT2D eigenvalue weighted by atomic mass is 32.2. The number of fused-ring (bicyclic) bond motifs is 1. The van der Waals surface area contributed by atoms with Gasteiger partial charge in [0, 0.05) is 32.2 Å². The van der Waals surface area contributed by atoms with Gasteiger partial charge in [-0.15, -0.1) is 0 Å². The van der Waals surface area contributed by atoms with Crippen molar-refractivity contribution in [2.75, 3.05) is 26.2 Å². The smallest absolute Gasteiger partial charge is 0.260 e. The van der Waals surface area contributed by atoms with Crippen LogP contribution >= 0.6 is 0 Å². The van der Waals surface area contributed by atoms with Gasteiger partial charge in [-0.3, -0.25) is 4.79 Å². The van der Waals surface area contributed by atoms with Crippen LogP contribution in [0.25, 0.3) is 10.8 Å². The van der Waals surface area contributed by atoms with Crippen LogP contribution < -0.4 is 4.73 Å². The molecule has 0 unspecified atom stereocenters. The Balaban J connectivity index is 1.49. The van der Waals surface area contributed by atoms with Crippen LogP contribution in [0, 0.1) is 5.21 Å². The molecule has 28 heavy (non-hydrogen) atoms. The fourth-order valence-corrected chi connectivity index (χ4v) is 4.83. The lowest BCUT2D eigenvalue weighted by molar-refractivity contribution is -0.605. The number of hydrogen-bond acceptors (Lipinski definition) is 4. The molecule has 1 aliphatic heterocycles. The zero-order valence-corrected chi connectivity index (χ0v) is 15.9. The maximum absolute atomic E-state index is 13.0. The van der Waals surface area contributed by atoms with Crippen LogP contribution in [0.4, 0.5) is 0 Å². The second-order valence-electron chi connectivity index (χ2n) is 6.66. The van der Waals surface area contributed by atoms with E-state index in [-0.39, 0.29) is 37.0 Å². The van der Waals surface area contributed by atoms with Crippen molar-refractivity contribution in [1.29, 1.82) is 0 Å². The lowest BCUT2D eigenvalue weighted by Gasteiger charge is -2.33. The molecule has 2 aromatic carbocycles. The van der Waals surface area contributed by atoms with Gasteiger partial charge in [0.15, 0.2) is 12.4 Å². The molecule has 0 radical (unpaired) electrons. The molecule has 1 fully saturated rings. The molecule has 1 saturated heterocycles. The van der Waals surface area contributed by atoms with E-state index in [9.17, 15) is 18.4 Å². The molecule has 1 amide bonds. The van der Waals surface area contributed by atoms with Crippen LogP contribution in [-0.2, 0) is 10.0 Å². The van der Waals surface area contributed by atoms with Crippen molar-refractivity contribution in [3.63, 3.8) is 0 Å². The molecule has 144 valence electrons. The number of benzene rings is 2. The fourth-order valence-electron chi connectivity index (χ4n) is 3.37. The number of amides is 1. The van der Waals surface area contributed by atoms with E-state index in [1.807, 2.05) is 24.3 Å². The lowest BCUT2D eigenvalue weighted by Crippen LogP contribution is -2.50. The lowest BCUT2D eigenvalue weighted by atomic mass is 10.1. The summed E-state index contributed by atoms with van der Waals surface area (Å²) < 4.78 is 28.0. The van der Waals surface area contributed by atoms with Gasteiger partial charge >= 0.3 is 0 Å². The number of pyridine rings is 1. The summed E-state index contributed by atoms with van der Waals surface area (Å²) in [4.78, 5) is 14.4. The van der Waals surface area contributed by atoms with Crippen molar-refractivity contribution in [3.05, 3.63) is 77.8 Å². The Morgan fingerprint density at radius 1 is 0.929 bits per heavy atom. The Labute approximate surface area is 163 Å². The highest BCUT2D eigenvalue weighted by Crippen LogP contribution is 2.23. The van der Waals surface area contributed by atoms with Crippen LogP contribution in [-0.4, -0.2) is 49.7 Å². The Bertz CT molecular complexity index is 1140. The molecule has 3 aromatic rings. The SMILES string of the molecule is O=C(c1ccc[n+]([O-])c1)N1CCN(S(=O)(=O)c2ccc3ccccc3c2)CC1. The van der Waals surface area contributed by atoms with E-state index in [1.54, 1.807) is 29.2 Å². The number of sulfonamides is 1. The first-order valence-electron chi connectivity index (χ1n) is 8.92.